The van der Waals surface area contributed by atoms with E-state index < -0.39 is 29.5 Å². The maximum Gasteiger partial charge on any atom is 0.421 e. The van der Waals surface area contributed by atoms with Gasteiger partial charge in [-0.2, -0.15) is 22.7 Å². The standard InChI is InChI=1S/C21H15F4N5O2/c1-32-20-16(21(23,24)25)8-14(10-27-20)28-17(31)6-11-2-4-12(5-3-11)13-7-15-18(22)29-30-19(15)26-9-13/h2-5,7-10H,6H2,1H3,(H,28,31)(H,26,29,30). The van der Waals surface area contributed by atoms with Crippen LogP contribution in [-0.4, -0.2) is 33.2 Å². The highest BCUT2D eigenvalue weighted by molar-refractivity contribution is 5.92. The molecule has 1 aromatic carbocycles. The summed E-state index contributed by atoms with van der Waals surface area (Å²) in [7, 11) is 1.08. The molecule has 3 heterocycles. The molecule has 0 atom stereocenters. The van der Waals surface area contributed by atoms with Crippen LogP contribution in [0.4, 0.5) is 23.2 Å². The van der Waals surface area contributed by atoms with E-state index in [1.165, 1.54) is 0 Å². The van der Waals surface area contributed by atoms with Gasteiger partial charge in [0.1, 0.15) is 5.56 Å². The first-order valence-corrected chi connectivity index (χ1v) is 9.24. The molecule has 0 unspecified atom stereocenters. The fourth-order valence-electron chi connectivity index (χ4n) is 3.12. The summed E-state index contributed by atoms with van der Waals surface area (Å²) in [6, 6.07) is 9.24. The van der Waals surface area contributed by atoms with Gasteiger partial charge in [0.15, 0.2) is 5.65 Å². The molecule has 0 saturated heterocycles. The minimum absolute atomic E-state index is 0.0682. The summed E-state index contributed by atoms with van der Waals surface area (Å²) in [6.07, 6.45) is -2.10. The van der Waals surface area contributed by atoms with Crippen LogP contribution in [0.25, 0.3) is 22.2 Å². The number of hydrogen-bond donors (Lipinski definition) is 2. The van der Waals surface area contributed by atoms with Crippen molar-refractivity contribution in [1.82, 2.24) is 20.2 Å². The van der Waals surface area contributed by atoms with Gasteiger partial charge in [-0.1, -0.05) is 24.3 Å². The lowest BCUT2D eigenvalue weighted by Crippen LogP contribution is -2.16. The van der Waals surface area contributed by atoms with Gasteiger partial charge in [0, 0.05) is 11.8 Å². The Morgan fingerprint density at radius 2 is 1.84 bits per heavy atom. The molecular weight excluding hydrogens is 430 g/mol. The predicted octanol–water partition coefficient (Wildman–Crippen LogP) is 4.37. The van der Waals surface area contributed by atoms with Crippen LogP contribution in [0.3, 0.4) is 0 Å². The van der Waals surface area contributed by atoms with Gasteiger partial charge in [0.25, 0.3) is 0 Å². The van der Waals surface area contributed by atoms with Crippen LogP contribution in [0.5, 0.6) is 5.88 Å². The molecule has 0 saturated carbocycles. The number of carbonyl (C=O) groups excluding carboxylic acids is 1. The zero-order valence-electron chi connectivity index (χ0n) is 16.5. The van der Waals surface area contributed by atoms with Gasteiger partial charge in [-0.15, -0.1) is 0 Å². The number of pyridine rings is 2. The lowest BCUT2D eigenvalue weighted by atomic mass is 10.0. The number of aromatic nitrogens is 4. The monoisotopic (exact) mass is 445 g/mol. The highest BCUT2D eigenvalue weighted by Gasteiger charge is 2.35. The third kappa shape index (κ3) is 4.36. The van der Waals surface area contributed by atoms with E-state index >= 15 is 0 Å². The van der Waals surface area contributed by atoms with Crippen molar-refractivity contribution in [2.24, 2.45) is 0 Å². The smallest absolute Gasteiger partial charge is 0.421 e. The molecule has 0 radical (unpaired) electrons. The molecule has 11 heteroatoms. The molecule has 0 fully saturated rings. The van der Waals surface area contributed by atoms with Crippen LogP contribution < -0.4 is 10.1 Å². The van der Waals surface area contributed by atoms with E-state index in [1.807, 2.05) is 0 Å². The SMILES string of the molecule is COc1ncc(NC(=O)Cc2ccc(-c3cnc4n[nH]c(F)c4c3)cc2)cc1C(F)(F)F. The number of rotatable bonds is 5. The number of benzene rings is 1. The fraction of sp³-hybridized carbons (Fsp3) is 0.143. The molecule has 0 spiro atoms. The summed E-state index contributed by atoms with van der Waals surface area (Å²) in [5.41, 5.74) is 1.13. The van der Waals surface area contributed by atoms with E-state index in [2.05, 4.69) is 30.2 Å². The van der Waals surface area contributed by atoms with Crippen LogP contribution >= 0.6 is 0 Å². The van der Waals surface area contributed by atoms with E-state index in [0.717, 1.165) is 24.9 Å². The minimum Gasteiger partial charge on any atom is -0.481 e. The number of hydrogen-bond acceptors (Lipinski definition) is 5. The topological polar surface area (TPSA) is 92.8 Å². The van der Waals surface area contributed by atoms with Crippen LogP contribution in [0.1, 0.15) is 11.1 Å². The number of nitrogens with one attached hydrogen (secondary N) is 2. The van der Waals surface area contributed by atoms with Crippen LogP contribution in [-0.2, 0) is 17.4 Å². The number of halogens is 4. The first-order chi connectivity index (χ1) is 15.2. The highest BCUT2D eigenvalue weighted by Crippen LogP contribution is 2.36. The van der Waals surface area contributed by atoms with Gasteiger partial charge in [0.05, 0.1) is 30.8 Å². The predicted molar refractivity (Wildman–Crippen MR) is 107 cm³/mol. The zero-order chi connectivity index (χ0) is 22.9. The Morgan fingerprint density at radius 3 is 2.53 bits per heavy atom. The van der Waals surface area contributed by atoms with Crippen molar-refractivity contribution in [2.75, 3.05) is 12.4 Å². The van der Waals surface area contributed by atoms with Crippen LogP contribution in [0.2, 0.25) is 0 Å². The molecule has 32 heavy (non-hydrogen) atoms. The van der Waals surface area contributed by atoms with E-state index in [0.29, 0.717) is 11.1 Å². The largest absolute Gasteiger partial charge is 0.481 e. The minimum atomic E-state index is -4.67. The third-order valence-electron chi connectivity index (χ3n) is 4.65. The number of H-pyrrole nitrogens is 1. The van der Waals surface area contributed by atoms with Crippen molar-refractivity contribution in [1.29, 1.82) is 0 Å². The maximum atomic E-state index is 13.7. The Balaban J connectivity index is 1.46. The molecule has 7 nitrogen and oxygen atoms in total. The number of carbonyl (C=O) groups is 1. The van der Waals surface area contributed by atoms with Crippen LogP contribution in [0.15, 0.2) is 48.8 Å². The molecule has 4 rings (SSSR count). The molecule has 0 aliphatic rings. The van der Waals surface area contributed by atoms with E-state index in [9.17, 15) is 22.4 Å². The van der Waals surface area contributed by atoms with Crippen molar-refractivity contribution in [3.05, 3.63) is 65.9 Å². The second-order valence-corrected chi connectivity index (χ2v) is 6.83. The van der Waals surface area contributed by atoms with Crippen molar-refractivity contribution in [2.45, 2.75) is 12.6 Å². The van der Waals surface area contributed by atoms with Gasteiger partial charge in [0.2, 0.25) is 17.7 Å². The number of aromatic amines is 1. The molecule has 164 valence electrons. The molecule has 3 aromatic heterocycles. The quantitative estimate of drug-likeness (QED) is 0.445. The summed E-state index contributed by atoms with van der Waals surface area (Å²) in [4.78, 5) is 20.0. The molecule has 4 aromatic rings. The van der Waals surface area contributed by atoms with E-state index in [1.54, 1.807) is 36.5 Å². The highest BCUT2D eigenvalue weighted by atomic mass is 19.4. The number of alkyl halides is 3. The molecule has 0 aliphatic heterocycles. The Hall–Kier alpha value is -4.02. The number of fused-ring (bicyclic) bond motifs is 1. The molecule has 2 N–H and O–H groups in total. The zero-order valence-corrected chi connectivity index (χ0v) is 16.5. The number of methoxy groups -OCH3 is 1. The Labute approximate surface area is 178 Å². The first kappa shape index (κ1) is 21.2. The number of nitrogens with zero attached hydrogens (tertiary/aromatic N) is 3. The number of ether oxygens (including phenoxy) is 1. The average molecular weight is 445 g/mol. The fourth-order valence-corrected chi connectivity index (χ4v) is 3.12. The van der Waals surface area contributed by atoms with Crippen molar-refractivity contribution in [3.63, 3.8) is 0 Å². The van der Waals surface area contributed by atoms with Crippen molar-refractivity contribution < 1.29 is 27.1 Å². The second kappa shape index (κ2) is 8.25. The normalized spacial score (nSPS) is 11.5. The summed E-state index contributed by atoms with van der Waals surface area (Å²) < 4.78 is 57.6. The molecular formula is C21H15F4N5O2. The Morgan fingerprint density at radius 1 is 1.09 bits per heavy atom. The lowest BCUT2D eigenvalue weighted by molar-refractivity contribution is -0.139. The van der Waals surface area contributed by atoms with Crippen molar-refractivity contribution >= 4 is 22.6 Å². The van der Waals surface area contributed by atoms with Crippen LogP contribution in [0, 0.1) is 5.95 Å². The van der Waals surface area contributed by atoms with E-state index in [-0.39, 0.29) is 23.1 Å². The summed E-state index contributed by atoms with van der Waals surface area (Å²) in [5.74, 6) is -1.67. The van der Waals surface area contributed by atoms with Gasteiger partial charge in [-0.3, -0.25) is 9.89 Å². The van der Waals surface area contributed by atoms with E-state index in [4.69, 9.17) is 0 Å². The first-order valence-electron chi connectivity index (χ1n) is 9.24. The van der Waals surface area contributed by atoms with Gasteiger partial charge < -0.3 is 10.1 Å². The number of amides is 1. The van der Waals surface area contributed by atoms with Gasteiger partial charge in [-0.25, -0.2) is 9.97 Å². The van der Waals surface area contributed by atoms with Crippen molar-refractivity contribution in [3.8, 4) is 17.0 Å². The molecule has 0 bridgehead atoms. The van der Waals surface area contributed by atoms with Gasteiger partial charge >= 0.3 is 6.18 Å². The molecule has 0 aliphatic carbocycles. The summed E-state index contributed by atoms with van der Waals surface area (Å²) in [6.45, 7) is 0. The Kier molecular flexibility index (Phi) is 5.47. The lowest BCUT2D eigenvalue weighted by Gasteiger charge is -2.13. The van der Waals surface area contributed by atoms with Gasteiger partial charge in [-0.05, 0) is 23.3 Å². The average Bonchev–Trinajstić information content (AvgIpc) is 3.14. The second-order valence-electron chi connectivity index (χ2n) is 6.83. The summed E-state index contributed by atoms with van der Waals surface area (Å²) in [5, 5.41) is 8.63. The third-order valence-corrected chi connectivity index (χ3v) is 4.65. The maximum absolute atomic E-state index is 13.7. The molecule has 1 amide bonds. The number of anilines is 1. The summed E-state index contributed by atoms with van der Waals surface area (Å²) >= 11 is 0. The Bertz CT molecular complexity index is 1290.